The van der Waals surface area contributed by atoms with E-state index in [2.05, 4.69) is 0 Å². The molecule has 0 saturated heterocycles. The Labute approximate surface area is 181 Å². The molecule has 0 bridgehead atoms. The van der Waals surface area contributed by atoms with Crippen molar-refractivity contribution in [1.29, 1.82) is 0 Å². The van der Waals surface area contributed by atoms with Gasteiger partial charge < -0.3 is 9.47 Å². The maximum Gasteiger partial charge on any atom is 0.167 e. The molecular formula is C25H30F4O2. The van der Waals surface area contributed by atoms with Gasteiger partial charge in [0.2, 0.25) is 0 Å². The summed E-state index contributed by atoms with van der Waals surface area (Å²) in [7, 11) is 1.67. The second-order valence-electron chi connectivity index (χ2n) is 8.28. The first kappa shape index (κ1) is 23.7. The second-order valence-corrected chi connectivity index (χ2v) is 8.28. The van der Waals surface area contributed by atoms with E-state index in [0.29, 0.717) is 24.7 Å². The summed E-state index contributed by atoms with van der Waals surface area (Å²) < 4.78 is 69.3. The van der Waals surface area contributed by atoms with Crippen LogP contribution in [-0.2, 0) is 16.1 Å². The normalized spacial score (nSPS) is 19.0. The smallest absolute Gasteiger partial charge is 0.167 e. The first-order valence-electron chi connectivity index (χ1n) is 11.0. The molecule has 0 amide bonds. The number of hydrogen-bond donors (Lipinski definition) is 0. The van der Waals surface area contributed by atoms with Crippen LogP contribution in [0.15, 0.2) is 24.3 Å². The van der Waals surface area contributed by atoms with Crippen molar-refractivity contribution in [1.82, 2.24) is 0 Å². The van der Waals surface area contributed by atoms with Crippen LogP contribution >= 0.6 is 0 Å². The Morgan fingerprint density at radius 2 is 1.45 bits per heavy atom. The molecule has 1 fully saturated rings. The number of ether oxygens (including phenoxy) is 2. The summed E-state index contributed by atoms with van der Waals surface area (Å²) >= 11 is 0. The molecule has 0 spiro atoms. The predicted octanol–water partition coefficient (Wildman–Crippen LogP) is 7.15. The van der Waals surface area contributed by atoms with E-state index in [-0.39, 0.29) is 29.2 Å². The molecule has 2 aromatic carbocycles. The molecule has 170 valence electrons. The largest absolute Gasteiger partial charge is 0.385 e. The SMILES string of the molecule is CCCOCc1ccc(-c2ccc(C3CCC(CCOC)CC3)c(F)c2F)c(F)c1F. The fraction of sp³-hybridized carbons (Fsp3) is 0.520. The van der Waals surface area contributed by atoms with Gasteiger partial charge in [-0.05, 0) is 55.9 Å². The monoisotopic (exact) mass is 438 g/mol. The van der Waals surface area contributed by atoms with Gasteiger partial charge in [-0.15, -0.1) is 0 Å². The van der Waals surface area contributed by atoms with E-state index in [1.165, 1.54) is 24.3 Å². The molecule has 3 rings (SSSR count). The van der Waals surface area contributed by atoms with Gasteiger partial charge in [0.25, 0.3) is 0 Å². The van der Waals surface area contributed by atoms with Gasteiger partial charge in [0.1, 0.15) is 0 Å². The molecule has 6 heteroatoms. The van der Waals surface area contributed by atoms with E-state index in [0.717, 1.165) is 38.5 Å². The van der Waals surface area contributed by atoms with Gasteiger partial charge in [0.15, 0.2) is 23.3 Å². The standard InChI is InChI=1S/C25H30F4O2/c1-3-13-31-15-18-8-9-20(24(28)22(18)26)21-11-10-19(23(27)25(21)29)17-6-4-16(5-7-17)12-14-30-2/h8-11,16-17H,3-7,12-15H2,1-2H3. The minimum atomic E-state index is -1.19. The Morgan fingerprint density at radius 1 is 0.806 bits per heavy atom. The zero-order chi connectivity index (χ0) is 22.4. The lowest BCUT2D eigenvalue weighted by Crippen LogP contribution is -2.16. The predicted molar refractivity (Wildman–Crippen MR) is 113 cm³/mol. The van der Waals surface area contributed by atoms with Crippen molar-refractivity contribution in [2.24, 2.45) is 5.92 Å². The van der Waals surface area contributed by atoms with Crippen LogP contribution in [0.4, 0.5) is 17.6 Å². The maximum atomic E-state index is 14.9. The Balaban J connectivity index is 1.79. The molecule has 0 aromatic heterocycles. The van der Waals surface area contributed by atoms with E-state index in [1.54, 1.807) is 7.11 Å². The first-order chi connectivity index (χ1) is 15.0. The average Bonchev–Trinajstić information content (AvgIpc) is 2.78. The van der Waals surface area contributed by atoms with Crippen LogP contribution in [-0.4, -0.2) is 20.3 Å². The summed E-state index contributed by atoms with van der Waals surface area (Å²) in [4.78, 5) is 0. The van der Waals surface area contributed by atoms with Crippen LogP contribution in [0.1, 0.15) is 62.5 Å². The van der Waals surface area contributed by atoms with Crippen molar-refractivity contribution < 1.29 is 27.0 Å². The Hall–Kier alpha value is -1.92. The maximum absolute atomic E-state index is 14.9. The van der Waals surface area contributed by atoms with E-state index in [4.69, 9.17) is 9.47 Å². The summed E-state index contributed by atoms with van der Waals surface area (Å²) in [6, 6.07) is 5.51. The lowest BCUT2D eigenvalue weighted by atomic mass is 9.77. The van der Waals surface area contributed by atoms with Gasteiger partial charge in [-0.2, -0.15) is 0 Å². The van der Waals surface area contributed by atoms with Crippen molar-refractivity contribution in [2.45, 2.75) is 58.0 Å². The van der Waals surface area contributed by atoms with Crippen LogP contribution in [0, 0.1) is 29.2 Å². The van der Waals surface area contributed by atoms with Crippen LogP contribution in [0.5, 0.6) is 0 Å². The summed E-state index contributed by atoms with van der Waals surface area (Å²) in [5, 5.41) is 0. The number of rotatable bonds is 9. The minimum absolute atomic E-state index is 0.0532. The van der Waals surface area contributed by atoms with Gasteiger partial charge in [0.05, 0.1) is 6.61 Å². The first-order valence-corrected chi connectivity index (χ1v) is 11.0. The van der Waals surface area contributed by atoms with Crippen LogP contribution in [0.3, 0.4) is 0 Å². The summed E-state index contributed by atoms with van der Waals surface area (Å²) in [5.41, 5.74) is -0.190. The van der Waals surface area contributed by atoms with Crippen molar-refractivity contribution in [3.63, 3.8) is 0 Å². The number of hydrogen-bond acceptors (Lipinski definition) is 2. The number of halogens is 4. The van der Waals surface area contributed by atoms with Crippen molar-refractivity contribution in [2.75, 3.05) is 20.3 Å². The molecular weight excluding hydrogens is 408 g/mol. The third kappa shape index (κ3) is 5.47. The highest BCUT2D eigenvalue weighted by atomic mass is 19.2. The van der Waals surface area contributed by atoms with Crippen molar-refractivity contribution in [3.8, 4) is 11.1 Å². The summed E-state index contributed by atoms with van der Waals surface area (Å²) in [6.45, 7) is 2.98. The highest BCUT2D eigenvalue weighted by Crippen LogP contribution is 2.40. The van der Waals surface area contributed by atoms with E-state index in [9.17, 15) is 17.6 Å². The highest BCUT2D eigenvalue weighted by Gasteiger charge is 2.27. The van der Waals surface area contributed by atoms with Crippen LogP contribution < -0.4 is 0 Å². The summed E-state index contributed by atoms with van der Waals surface area (Å²) in [5.74, 6) is -3.91. The molecule has 0 unspecified atom stereocenters. The zero-order valence-electron chi connectivity index (χ0n) is 18.2. The minimum Gasteiger partial charge on any atom is -0.385 e. The van der Waals surface area contributed by atoms with Gasteiger partial charge >= 0.3 is 0 Å². The second kappa shape index (κ2) is 11.1. The van der Waals surface area contributed by atoms with Gasteiger partial charge in [-0.3, -0.25) is 0 Å². The molecule has 1 aliphatic carbocycles. The molecule has 2 aromatic rings. The average molecular weight is 439 g/mol. The molecule has 0 aliphatic heterocycles. The Morgan fingerprint density at radius 3 is 2.10 bits per heavy atom. The van der Waals surface area contributed by atoms with Crippen molar-refractivity contribution in [3.05, 3.63) is 58.7 Å². The fourth-order valence-electron chi connectivity index (χ4n) is 4.37. The topological polar surface area (TPSA) is 18.5 Å². The Kier molecular flexibility index (Phi) is 8.50. The van der Waals surface area contributed by atoms with E-state index in [1.807, 2.05) is 6.92 Å². The molecule has 0 heterocycles. The molecule has 0 N–H and O–H groups in total. The zero-order valence-corrected chi connectivity index (χ0v) is 18.2. The lowest BCUT2D eigenvalue weighted by Gasteiger charge is -2.29. The molecule has 1 saturated carbocycles. The number of methoxy groups -OCH3 is 1. The van der Waals surface area contributed by atoms with Crippen molar-refractivity contribution >= 4 is 0 Å². The van der Waals surface area contributed by atoms with E-state index < -0.39 is 23.3 Å². The highest BCUT2D eigenvalue weighted by molar-refractivity contribution is 5.66. The van der Waals surface area contributed by atoms with Crippen LogP contribution in [0.2, 0.25) is 0 Å². The third-order valence-electron chi connectivity index (χ3n) is 6.19. The molecule has 1 aliphatic rings. The molecule has 2 nitrogen and oxygen atoms in total. The van der Waals surface area contributed by atoms with Gasteiger partial charge in [0, 0.05) is 37.0 Å². The lowest BCUT2D eigenvalue weighted by molar-refractivity contribution is 0.118. The molecule has 31 heavy (non-hydrogen) atoms. The number of benzene rings is 2. The molecule has 0 atom stereocenters. The third-order valence-corrected chi connectivity index (χ3v) is 6.19. The summed E-state index contributed by atoms with van der Waals surface area (Å²) in [6.07, 6.45) is 5.17. The quantitative estimate of drug-likeness (QED) is 0.306. The van der Waals surface area contributed by atoms with Crippen LogP contribution in [0.25, 0.3) is 11.1 Å². The molecule has 0 radical (unpaired) electrons. The fourth-order valence-corrected chi connectivity index (χ4v) is 4.37. The van der Waals surface area contributed by atoms with Gasteiger partial charge in [-0.1, -0.05) is 31.2 Å². The Bertz CT molecular complexity index is 876. The van der Waals surface area contributed by atoms with Gasteiger partial charge in [-0.25, -0.2) is 17.6 Å². The van der Waals surface area contributed by atoms with E-state index >= 15 is 0 Å².